The Morgan fingerprint density at radius 2 is 2.25 bits per heavy atom. The summed E-state index contributed by atoms with van der Waals surface area (Å²) in [5.41, 5.74) is 0.925. The fourth-order valence-electron chi connectivity index (χ4n) is 1.59. The van der Waals surface area contributed by atoms with Crippen molar-refractivity contribution in [1.82, 2.24) is 15.1 Å². The Balaban J connectivity index is 1.96. The van der Waals surface area contributed by atoms with E-state index in [2.05, 4.69) is 15.1 Å². The number of aromatic nitrogens is 3. The summed E-state index contributed by atoms with van der Waals surface area (Å²) in [7, 11) is 1.56. The number of methoxy groups -OCH3 is 1. The van der Waals surface area contributed by atoms with Crippen LogP contribution in [0.15, 0.2) is 22.9 Å². The smallest absolute Gasteiger partial charge is 0.315 e. The summed E-state index contributed by atoms with van der Waals surface area (Å²) in [6.45, 7) is 2.07. The Labute approximate surface area is 115 Å². The molecule has 0 unspecified atom stereocenters. The highest BCUT2D eigenvalue weighted by molar-refractivity contribution is 5.71. The van der Waals surface area contributed by atoms with Gasteiger partial charge in [-0.15, -0.1) is 0 Å². The highest BCUT2D eigenvalue weighted by Gasteiger charge is 2.12. The Hall–Kier alpha value is -2.44. The monoisotopic (exact) mass is 277 g/mol. The predicted molar refractivity (Wildman–Crippen MR) is 68.2 cm³/mol. The van der Waals surface area contributed by atoms with E-state index in [4.69, 9.17) is 14.0 Å². The molecule has 0 spiro atoms. The maximum atomic E-state index is 11.3. The second-order valence-corrected chi connectivity index (χ2v) is 3.97. The molecular formula is C13H15N3O4. The number of ether oxygens (including phenoxy) is 2. The van der Waals surface area contributed by atoms with Gasteiger partial charge >= 0.3 is 5.97 Å². The van der Waals surface area contributed by atoms with E-state index in [1.165, 1.54) is 0 Å². The largest absolute Gasteiger partial charge is 0.481 e. The normalized spacial score (nSPS) is 10.3. The lowest BCUT2D eigenvalue weighted by molar-refractivity contribution is -0.142. The lowest BCUT2D eigenvalue weighted by Crippen LogP contribution is -2.07. The molecule has 0 amide bonds. The molecule has 106 valence electrons. The van der Waals surface area contributed by atoms with Crippen LogP contribution >= 0.6 is 0 Å². The van der Waals surface area contributed by atoms with Crippen LogP contribution in [0.1, 0.15) is 24.2 Å². The van der Waals surface area contributed by atoms with Crippen LogP contribution in [0.25, 0.3) is 0 Å². The molecule has 20 heavy (non-hydrogen) atoms. The molecule has 0 saturated heterocycles. The van der Waals surface area contributed by atoms with E-state index in [-0.39, 0.29) is 18.3 Å². The number of carbonyl (C=O) groups is 1. The summed E-state index contributed by atoms with van der Waals surface area (Å²) in [5.74, 6) is 0.912. The van der Waals surface area contributed by atoms with Crippen molar-refractivity contribution < 1.29 is 18.8 Å². The SMILES string of the molecule is CCOC(=O)Cc1nc(Cc2ccc(OC)nc2)no1. The van der Waals surface area contributed by atoms with Crippen LogP contribution in [0.3, 0.4) is 0 Å². The molecule has 0 radical (unpaired) electrons. The molecule has 2 aromatic rings. The van der Waals surface area contributed by atoms with E-state index in [1.54, 1.807) is 26.3 Å². The van der Waals surface area contributed by atoms with Crippen molar-refractivity contribution in [1.29, 1.82) is 0 Å². The van der Waals surface area contributed by atoms with Crippen molar-refractivity contribution in [2.75, 3.05) is 13.7 Å². The molecule has 2 heterocycles. The fraction of sp³-hybridized carbons (Fsp3) is 0.385. The average Bonchev–Trinajstić information content (AvgIpc) is 2.87. The van der Waals surface area contributed by atoms with Crippen LogP contribution in [0.2, 0.25) is 0 Å². The van der Waals surface area contributed by atoms with Crippen molar-refractivity contribution in [3.63, 3.8) is 0 Å². The lowest BCUT2D eigenvalue weighted by Gasteiger charge is -1.99. The summed E-state index contributed by atoms with van der Waals surface area (Å²) in [6, 6.07) is 3.63. The second kappa shape index (κ2) is 6.65. The van der Waals surface area contributed by atoms with Crippen LogP contribution in [-0.4, -0.2) is 34.8 Å². The Morgan fingerprint density at radius 3 is 2.90 bits per heavy atom. The topological polar surface area (TPSA) is 87.3 Å². The molecule has 7 heteroatoms. The zero-order chi connectivity index (χ0) is 14.4. The average molecular weight is 277 g/mol. The van der Waals surface area contributed by atoms with Crippen molar-refractivity contribution in [2.24, 2.45) is 0 Å². The third-order valence-electron chi connectivity index (χ3n) is 2.48. The van der Waals surface area contributed by atoms with Crippen LogP contribution < -0.4 is 4.74 Å². The van der Waals surface area contributed by atoms with E-state index in [0.717, 1.165) is 5.56 Å². The second-order valence-electron chi connectivity index (χ2n) is 3.97. The van der Waals surface area contributed by atoms with E-state index in [0.29, 0.717) is 24.7 Å². The number of hydrogen-bond acceptors (Lipinski definition) is 7. The van der Waals surface area contributed by atoms with Gasteiger partial charge in [0, 0.05) is 18.7 Å². The fourth-order valence-corrected chi connectivity index (χ4v) is 1.59. The molecular weight excluding hydrogens is 262 g/mol. The minimum absolute atomic E-state index is 0.0122. The minimum Gasteiger partial charge on any atom is -0.481 e. The number of rotatable bonds is 6. The first-order chi connectivity index (χ1) is 9.71. The predicted octanol–water partition coefficient (Wildman–Crippen LogP) is 1.17. The zero-order valence-corrected chi connectivity index (χ0v) is 11.3. The van der Waals surface area contributed by atoms with Crippen LogP contribution in [0.4, 0.5) is 0 Å². The van der Waals surface area contributed by atoms with Crippen LogP contribution in [0.5, 0.6) is 5.88 Å². The van der Waals surface area contributed by atoms with Crippen LogP contribution in [-0.2, 0) is 22.4 Å². The van der Waals surface area contributed by atoms with Crippen molar-refractivity contribution in [3.05, 3.63) is 35.6 Å². The van der Waals surface area contributed by atoms with E-state index >= 15 is 0 Å². The molecule has 0 saturated carbocycles. The molecule has 0 aliphatic carbocycles. The van der Waals surface area contributed by atoms with Crippen molar-refractivity contribution in [3.8, 4) is 5.88 Å². The molecule has 0 bridgehead atoms. The molecule has 7 nitrogen and oxygen atoms in total. The number of pyridine rings is 1. The third-order valence-corrected chi connectivity index (χ3v) is 2.48. The maximum Gasteiger partial charge on any atom is 0.315 e. The molecule has 0 aliphatic heterocycles. The van der Waals surface area contributed by atoms with Gasteiger partial charge in [0.2, 0.25) is 11.8 Å². The number of carbonyl (C=O) groups excluding carboxylic acids is 1. The summed E-state index contributed by atoms with van der Waals surface area (Å²) in [4.78, 5) is 19.5. The van der Waals surface area contributed by atoms with Gasteiger partial charge < -0.3 is 14.0 Å². The number of hydrogen-bond donors (Lipinski definition) is 0. The number of nitrogens with zero attached hydrogens (tertiary/aromatic N) is 3. The standard InChI is InChI=1S/C13H15N3O4/c1-3-19-13(17)7-12-15-10(16-20-12)6-9-4-5-11(18-2)14-8-9/h4-5,8H,3,6-7H2,1-2H3. The highest BCUT2D eigenvalue weighted by atomic mass is 16.5. The highest BCUT2D eigenvalue weighted by Crippen LogP contribution is 2.10. The first kappa shape index (κ1) is 14.0. The summed E-state index contributed by atoms with van der Waals surface area (Å²) in [5, 5.41) is 3.81. The van der Waals surface area contributed by atoms with Crippen molar-refractivity contribution in [2.45, 2.75) is 19.8 Å². The summed E-state index contributed by atoms with van der Waals surface area (Å²) >= 11 is 0. The molecule has 0 aliphatic rings. The van der Waals surface area contributed by atoms with Gasteiger partial charge in [0.25, 0.3) is 0 Å². The van der Waals surface area contributed by atoms with Gasteiger partial charge in [-0.3, -0.25) is 4.79 Å². The summed E-state index contributed by atoms with van der Waals surface area (Å²) < 4.78 is 14.8. The minimum atomic E-state index is -0.381. The van der Waals surface area contributed by atoms with Gasteiger partial charge in [-0.25, -0.2) is 4.98 Å². The molecule has 2 aromatic heterocycles. The molecule has 0 N–H and O–H groups in total. The van der Waals surface area contributed by atoms with E-state index in [9.17, 15) is 4.79 Å². The van der Waals surface area contributed by atoms with Gasteiger partial charge in [0.1, 0.15) is 6.42 Å². The zero-order valence-electron chi connectivity index (χ0n) is 11.3. The molecule has 0 fully saturated rings. The number of esters is 1. The van der Waals surface area contributed by atoms with Crippen LogP contribution in [0, 0.1) is 0 Å². The van der Waals surface area contributed by atoms with Gasteiger partial charge in [-0.1, -0.05) is 11.2 Å². The maximum absolute atomic E-state index is 11.3. The third kappa shape index (κ3) is 3.78. The Bertz CT molecular complexity index is 565. The van der Waals surface area contributed by atoms with Gasteiger partial charge in [0.15, 0.2) is 5.82 Å². The summed E-state index contributed by atoms with van der Waals surface area (Å²) in [6.07, 6.45) is 2.14. The first-order valence-corrected chi connectivity index (χ1v) is 6.17. The Kier molecular flexibility index (Phi) is 4.65. The first-order valence-electron chi connectivity index (χ1n) is 6.17. The molecule has 0 atom stereocenters. The Morgan fingerprint density at radius 1 is 1.40 bits per heavy atom. The molecule has 0 aromatic carbocycles. The lowest BCUT2D eigenvalue weighted by atomic mass is 10.2. The van der Waals surface area contributed by atoms with Gasteiger partial charge in [-0.05, 0) is 12.5 Å². The van der Waals surface area contributed by atoms with E-state index in [1.807, 2.05) is 6.07 Å². The molecule has 2 rings (SSSR count). The van der Waals surface area contributed by atoms with E-state index < -0.39 is 0 Å². The van der Waals surface area contributed by atoms with Crippen molar-refractivity contribution >= 4 is 5.97 Å². The quantitative estimate of drug-likeness (QED) is 0.732. The van der Waals surface area contributed by atoms with Gasteiger partial charge in [-0.2, -0.15) is 4.98 Å². The van der Waals surface area contributed by atoms with Gasteiger partial charge in [0.05, 0.1) is 13.7 Å².